The summed E-state index contributed by atoms with van der Waals surface area (Å²) in [6, 6.07) is 11.6. The van der Waals surface area contributed by atoms with Crippen molar-refractivity contribution >= 4 is 34.7 Å². The van der Waals surface area contributed by atoms with E-state index in [0.717, 1.165) is 23.2 Å². The van der Waals surface area contributed by atoms with Crippen molar-refractivity contribution in [3.05, 3.63) is 75.3 Å². The summed E-state index contributed by atoms with van der Waals surface area (Å²) in [5, 5.41) is 4.99. The highest BCUT2D eigenvalue weighted by Gasteiger charge is 2.39. The van der Waals surface area contributed by atoms with Crippen LogP contribution in [0.5, 0.6) is 0 Å². The molecule has 3 unspecified atom stereocenters. The normalized spacial score (nSPS) is 24.2. The minimum Gasteiger partial charge on any atom is -0.378 e. The molecule has 0 radical (unpaired) electrons. The van der Waals surface area contributed by atoms with Crippen molar-refractivity contribution in [1.29, 1.82) is 0 Å². The number of hydrogen-bond donors (Lipinski definition) is 1. The molecule has 3 atom stereocenters. The molecule has 0 aromatic heterocycles. The van der Waals surface area contributed by atoms with Crippen molar-refractivity contribution < 1.29 is 4.79 Å². The van der Waals surface area contributed by atoms with E-state index in [1.807, 2.05) is 36.4 Å². The van der Waals surface area contributed by atoms with Gasteiger partial charge >= 0.3 is 0 Å². The van der Waals surface area contributed by atoms with Crippen molar-refractivity contribution in [2.75, 3.05) is 5.32 Å². The van der Waals surface area contributed by atoms with E-state index in [2.05, 4.69) is 17.5 Å². The van der Waals surface area contributed by atoms with E-state index in [-0.39, 0.29) is 17.7 Å². The van der Waals surface area contributed by atoms with Gasteiger partial charge in [-0.1, -0.05) is 41.4 Å². The lowest BCUT2D eigenvalue weighted by atomic mass is 9.76. The first-order chi connectivity index (χ1) is 11.6. The number of anilines is 1. The fourth-order valence-corrected chi connectivity index (χ4v) is 4.54. The maximum Gasteiger partial charge on any atom is 0.159 e. The summed E-state index contributed by atoms with van der Waals surface area (Å²) in [5.74, 6) is 0.711. The van der Waals surface area contributed by atoms with E-state index in [9.17, 15) is 4.79 Å². The van der Waals surface area contributed by atoms with Crippen LogP contribution in [-0.4, -0.2) is 5.78 Å². The Morgan fingerprint density at radius 1 is 1.17 bits per heavy atom. The summed E-state index contributed by atoms with van der Waals surface area (Å²) in [4.78, 5) is 11.7. The van der Waals surface area contributed by atoms with Crippen LogP contribution >= 0.6 is 23.2 Å². The van der Waals surface area contributed by atoms with Crippen LogP contribution in [0.2, 0.25) is 10.0 Å². The first-order valence-corrected chi connectivity index (χ1v) is 8.84. The first-order valence-electron chi connectivity index (χ1n) is 8.08. The summed E-state index contributed by atoms with van der Waals surface area (Å²) in [6.45, 7) is 1.60. The molecule has 2 nitrogen and oxygen atoms in total. The molecule has 4 heteroatoms. The third-order valence-corrected chi connectivity index (χ3v) is 5.74. The third-order valence-electron chi connectivity index (χ3n) is 5.08. The summed E-state index contributed by atoms with van der Waals surface area (Å²) in [7, 11) is 0. The summed E-state index contributed by atoms with van der Waals surface area (Å²) in [5.41, 5.74) is 3.94. The lowest BCUT2D eigenvalue weighted by Gasteiger charge is -2.38. The third kappa shape index (κ3) is 2.45. The monoisotopic (exact) mass is 357 g/mol. The second-order valence-electron chi connectivity index (χ2n) is 6.47. The van der Waals surface area contributed by atoms with Gasteiger partial charge in [0.25, 0.3) is 0 Å². The van der Waals surface area contributed by atoms with E-state index in [1.54, 1.807) is 6.92 Å². The van der Waals surface area contributed by atoms with Crippen molar-refractivity contribution in [3.8, 4) is 0 Å². The van der Waals surface area contributed by atoms with Gasteiger partial charge < -0.3 is 5.32 Å². The Hall–Kier alpha value is -1.77. The van der Waals surface area contributed by atoms with Gasteiger partial charge in [-0.15, -0.1) is 0 Å². The summed E-state index contributed by atoms with van der Waals surface area (Å²) in [6.07, 6.45) is 5.42. The highest BCUT2D eigenvalue weighted by molar-refractivity contribution is 6.36. The van der Waals surface area contributed by atoms with Gasteiger partial charge in [-0.3, -0.25) is 4.79 Å². The van der Waals surface area contributed by atoms with Crippen LogP contribution < -0.4 is 5.32 Å². The Labute approximate surface area is 151 Å². The van der Waals surface area contributed by atoms with Gasteiger partial charge in [0, 0.05) is 32.8 Å². The molecule has 122 valence electrons. The van der Waals surface area contributed by atoms with E-state index in [1.165, 1.54) is 5.56 Å². The number of benzene rings is 2. The van der Waals surface area contributed by atoms with Gasteiger partial charge in [-0.05, 0) is 55.2 Å². The van der Waals surface area contributed by atoms with Crippen LogP contribution in [0, 0.1) is 5.92 Å². The van der Waals surface area contributed by atoms with Crippen molar-refractivity contribution in [2.24, 2.45) is 5.92 Å². The molecule has 2 aliphatic rings. The molecule has 24 heavy (non-hydrogen) atoms. The smallest absolute Gasteiger partial charge is 0.159 e. The van der Waals surface area contributed by atoms with Crippen LogP contribution in [0.25, 0.3) is 0 Å². The van der Waals surface area contributed by atoms with Gasteiger partial charge in [0.15, 0.2) is 5.78 Å². The first kappa shape index (κ1) is 15.7. The highest BCUT2D eigenvalue weighted by atomic mass is 35.5. The maximum atomic E-state index is 11.7. The SMILES string of the molecule is CC(=O)c1ccc2c(c1)C1C=CCC1C(c1c(Cl)cccc1Cl)N2. The highest BCUT2D eigenvalue weighted by Crippen LogP contribution is 2.52. The number of fused-ring (bicyclic) bond motifs is 3. The molecule has 0 spiro atoms. The molecule has 2 aromatic rings. The number of nitrogens with one attached hydrogen (secondary N) is 1. The molecular formula is C20H17Cl2NO. The Bertz CT molecular complexity index is 838. The second kappa shape index (κ2) is 5.94. The number of ketones is 1. The van der Waals surface area contributed by atoms with E-state index in [4.69, 9.17) is 23.2 Å². The van der Waals surface area contributed by atoms with Crippen LogP contribution in [-0.2, 0) is 0 Å². The molecule has 0 fully saturated rings. The fraction of sp³-hybridized carbons (Fsp3) is 0.250. The average Bonchev–Trinajstić information content (AvgIpc) is 3.04. The zero-order valence-corrected chi connectivity index (χ0v) is 14.7. The quantitative estimate of drug-likeness (QED) is 0.525. The van der Waals surface area contributed by atoms with Crippen molar-refractivity contribution in [3.63, 3.8) is 0 Å². The molecule has 0 bridgehead atoms. The summed E-state index contributed by atoms with van der Waals surface area (Å²) >= 11 is 12.9. The van der Waals surface area contributed by atoms with Gasteiger partial charge in [-0.2, -0.15) is 0 Å². The molecule has 4 rings (SSSR count). The maximum absolute atomic E-state index is 11.7. The van der Waals surface area contributed by atoms with E-state index >= 15 is 0 Å². The summed E-state index contributed by atoms with van der Waals surface area (Å²) < 4.78 is 0. The van der Waals surface area contributed by atoms with E-state index < -0.39 is 0 Å². The molecule has 1 heterocycles. The number of carbonyl (C=O) groups excluding carboxylic acids is 1. The second-order valence-corrected chi connectivity index (χ2v) is 7.28. The molecule has 2 aromatic carbocycles. The molecule has 1 aliphatic carbocycles. The van der Waals surface area contributed by atoms with Crippen LogP contribution in [0.3, 0.4) is 0 Å². The zero-order chi connectivity index (χ0) is 16.8. The molecule has 0 saturated heterocycles. The van der Waals surface area contributed by atoms with Crippen LogP contribution in [0.4, 0.5) is 5.69 Å². The molecule has 1 aliphatic heterocycles. The minimum atomic E-state index is 0.0573. The molecule has 0 amide bonds. The number of hydrogen-bond acceptors (Lipinski definition) is 2. The molecule has 0 saturated carbocycles. The molecular weight excluding hydrogens is 341 g/mol. The zero-order valence-electron chi connectivity index (χ0n) is 13.2. The Morgan fingerprint density at radius 2 is 1.92 bits per heavy atom. The lowest BCUT2D eigenvalue weighted by molar-refractivity contribution is 0.101. The number of carbonyl (C=O) groups is 1. The number of rotatable bonds is 2. The van der Waals surface area contributed by atoms with Gasteiger partial charge in [0.1, 0.15) is 0 Å². The Morgan fingerprint density at radius 3 is 2.62 bits per heavy atom. The number of allylic oxidation sites excluding steroid dienone is 2. The van der Waals surface area contributed by atoms with Crippen molar-refractivity contribution in [1.82, 2.24) is 0 Å². The largest absolute Gasteiger partial charge is 0.378 e. The van der Waals surface area contributed by atoms with E-state index in [0.29, 0.717) is 16.0 Å². The molecule has 1 N–H and O–H groups in total. The van der Waals surface area contributed by atoms with Crippen molar-refractivity contribution in [2.45, 2.75) is 25.3 Å². The number of Topliss-reactive ketones (excluding diaryl/α,β-unsaturated/α-hetero) is 1. The van der Waals surface area contributed by atoms with Gasteiger partial charge in [0.05, 0.1) is 6.04 Å². The predicted molar refractivity (Wildman–Crippen MR) is 99.3 cm³/mol. The minimum absolute atomic E-state index is 0.0573. The predicted octanol–water partition coefficient (Wildman–Crippen LogP) is 6.02. The number of halogens is 2. The Kier molecular flexibility index (Phi) is 3.90. The fourth-order valence-electron chi connectivity index (χ4n) is 3.91. The van der Waals surface area contributed by atoms with Gasteiger partial charge in [-0.25, -0.2) is 0 Å². The lowest BCUT2D eigenvalue weighted by Crippen LogP contribution is -2.29. The Balaban J connectivity index is 1.83. The average molecular weight is 358 g/mol. The topological polar surface area (TPSA) is 29.1 Å². The van der Waals surface area contributed by atoms with Gasteiger partial charge in [0.2, 0.25) is 0 Å². The van der Waals surface area contributed by atoms with Crippen LogP contribution in [0.15, 0.2) is 48.6 Å². The standard InChI is InChI=1S/C20H17Cl2NO/c1-11(24)12-8-9-18-15(10-12)13-4-2-5-14(13)20(23-18)19-16(21)6-3-7-17(19)22/h2-4,6-10,13-14,20,23H,5H2,1H3. The van der Waals surface area contributed by atoms with Crippen LogP contribution in [0.1, 0.15) is 46.8 Å².